The molecule has 1 aliphatic heterocycles. The number of imide groups is 1. The number of benzene rings is 1. The number of hydrogen-bond donors (Lipinski definition) is 0. The summed E-state index contributed by atoms with van der Waals surface area (Å²) in [5.41, 5.74) is 2.20. The lowest BCUT2D eigenvalue weighted by atomic mass is 10.1. The molecule has 4 rings (SSSR count). The summed E-state index contributed by atoms with van der Waals surface area (Å²) < 4.78 is 0. The molecule has 0 radical (unpaired) electrons. The number of aryl methyl sites for hydroxylation is 1. The molecule has 2 heterocycles. The summed E-state index contributed by atoms with van der Waals surface area (Å²) in [6, 6.07) is 9.79. The number of amides is 2. The van der Waals surface area contributed by atoms with Crippen molar-refractivity contribution in [2.45, 2.75) is 25.7 Å². The third kappa shape index (κ3) is 2.27. The molecule has 0 spiro atoms. The molecule has 0 unspecified atom stereocenters. The second-order valence-electron chi connectivity index (χ2n) is 5.97. The number of carbonyl (C=O) groups is 3. The predicted molar refractivity (Wildman–Crippen MR) is 83.3 cm³/mol. The highest BCUT2D eigenvalue weighted by molar-refractivity contribution is 6.21. The van der Waals surface area contributed by atoms with E-state index < -0.39 is 17.8 Å². The van der Waals surface area contributed by atoms with Crippen LogP contribution in [0.25, 0.3) is 0 Å². The van der Waals surface area contributed by atoms with Gasteiger partial charge in [0.15, 0.2) is 0 Å². The first kappa shape index (κ1) is 14.6. The third-order valence-electron chi connectivity index (χ3n) is 4.25. The van der Waals surface area contributed by atoms with Crippen LogP contribution in [0.4, 0.5) is 0 Å². The third-order valence-corrected chi connectivity index (χ3v) is 4.25. The van der Waals surface area contributed by atoms with Crippen LogP contribution in [0.1, 0.15) is 61.2 Å². The second-order valence-corrected chi connectivity index (χ2v) is 5.97. The van der Waals surface area contributed by atoms with Crippen LogP contribution in [0.2, 0.25) is 0 Å². The monoisotopic (exact) mass is 322 g/mol. The first-order valence-corrected chi connectivity index (χ1v) is 7.74. The van der Waals surface area contributed by atoms with Crippen molar-refractivity contribution in [1.82, 2.24) is 10.0 Å². The standard InChI is InChI=1S/C18H14N2O4/c1-10-12(8-9-15(19-10)11-6-7-11)18(23)24-20-16(21)13-4-2-3-5-14(13)17(20)22/h2-5,8-9,11H,6-7H2,1H3. The van der Waals surface area contributed by atoms with E-state index in [4.69, 9.17) is 4.84 Å². The van der Waals surface area contributed by atoms with Crippen LogP contribution < -0.4 is 0 Å². The molecule has 24 heavy (non-hydrogen) atoms. The normalized spacial score (nSPS) is 16.3. The van der Waals surface area contributed by atoms with Gasteiger partial charge in [0.2, 0.25) is 0 Å². The Kier molecular flexibility index (Phi) is 3.19. The van der Waals surface area contributed by atoms with E-state index in [0.717, 1.165) is 18.5 Å². The van der Waals surface area contributed by atoms with Crippen LogP contribution in [-0.2, 0) is 4.84 Å². The Balaban J connectivity index is 1.57. The zero-order chi connectivity index (χ0) is 16.8. The highest BCUT2D eigenvalue weighted by atomic mass is 16.7. The summed E-state index contributed by atoms with van der Waals surface area (Å²) in [5.74, 6) is -1.56. The Labute approximate surface area is 138 Å². The van der Waals surface area contributed by atoms with E-state index >= 15 is 0 Å². The van der Waals surface area contributed by atoms with E-state index in [0.29, 0.717) is 16.7 Å². The van der Waals surface area contributed by atoms with Crippen molar-refractivity contribution < 1.29 is 19.2 Å². The number of hydrogen-bond acceptors (Lipinski definition) is 5. The van der Waals surface area contributed by atoms with Crippen LogP contribution in [0, 0.1) is 6.92 Å². The van der Waals surface area contributed by atoms with Crippen molar-refractivity contribution in [2.75, 3.05) is 0 Å². The molecule has 0 atom stereocenters. The Bertz CT molecular complexity index is 851. The van der Waals surface area contributed by atoms with Crippen molar-refractivity contribution in [3.8, 4) is 0 Å². The molecule has 1 aromatic heterocycles. The predicted octanol–water partition coefficient (Wildman–Crippen LogP) is 2.64. The Morgan fingerprint density at radius 3 is 2.25 bits per heavy atom. The molecule has 2 aliphatic rings. The largest absolute Gasteiger partial charge is 0.365 e. The highest BCUT2D eigenvalue weighted by Gasteiger charge is 2.39. The Morgan fingerprint density at radius 1 is 1.08 bits per heavy atom. The lowest BCUT2D eigenvalue weighted by molar-refractivity contribution is -0.0585. The first-order chi connectivity index (χ1) is 11.6. The lowest BCUT2D eigenvalue weighted by Gasteiger charge is -2.13. The van der Waals surface area contributed by atoms with Gasteiger partial charge >= 0.3 is 5.97 Å². The fraction of sp³-hybridized carbons (Fsp3) is 0.222. The number of hydroxylamine groups is 2. The maximum absolute atomic E-state index is 12.4. The smallest absolute Gasteiger partial charge is 0.324 e. The summed E-state index contributed by atoms with van der Waals surface area (Å²) in [4.78, 5) is 46.3. The van der Waals surface area contributed by atoms with Gasteiger partial charge < -0.3 is 4.84 Å². The molecule has 0 N–H and O–H groups in total. The van der Waals surface area contributed by atoms with E-state index in [9.17, 15) is 14.4 Å². The molecule has 1 fully saturated rings. The maximum atomic E-state index is 12.4. The quantitative estimate of drug-likeness (QED) is 0.812. The molecule has 120 valence electrons. The van der Waals surface area contributed by atoms with Crippen LogP contribution in [0.15, 0.2) is 36.4 Å². The fourth-order valence-electron chi connectivity index (χ4n) is 2.78. The first-order valence-electron chi connectivity index (χ1n) is 7.74. The Morgan fingerprint density at radius 2 is 1.71 bits per heavy atom. The minimum atomic E-state index is -0.767. The van der Waals surface area contributed by atoms with E-state index in [1.807, 2.05) is 0 Å². The topological polar surface area (TPSA) is 76.6 Å². The van der Waals surface area contributed by atoms with Crippen molar-refractivity contribution in [2.24, 2.45) is 0 Å². The molecule has 0 saturated heterocycles. The number of pyridine rings is 1. The number of fused-ring (bicyclic) bond motifs is 1. The van der Waals surface area contributed by atoms with Crippen LogP contribution in [0.5, 0.6) is 0 Å². The SMILES string of the molecule is Cc1nc(C2CC2)ccc1C(=O)ON1C(=O)c2ccccc2C1=O. The molecule has 1 aliphatic carbocycles. The average Bonchev–Trinajstić information content (AvgIpc) is 3.40. The summed E-state index contributed by atoms with van der Waals surface area (Å²) in [6.07, 6.45) is 2.23. The van der Waals surface area contributed by atoms with Gasteiger partial charge in [0.1, 0.15) is 0 Å². The number of aromatic nitrogens is 1. The molecule has 2 amide bonds. The van der Waals surface area contributed by atoms with Gasteiger partial charge in [0.25, 0.3) is 11.8 Å². The number of rotatable bonds is 3. The van der Waals surface area contributed by atoms with E-state index in [1.165, 1.54) is 12.1 Å². The van der Waals surface area contributed by atoms with Crippen molar-refractivity contribution in [3.63, 3.8) is 0 Å². The fourth-order valence-corrected chi connectivity index (χ4v) is 2.78. The molecular weight excluding hydrogens is 308 g/mol. The minimum Gasteiger partial charge on any atom is -0.324 e. The van der Waals surface area contributed by atoms with Crippen LogP contribution >= 0.6 is 0 Å². The zero-order valence-electron chi connectivity index (χ0n) is 13.0. The molecule has 1 aromatic carbocycles. The maximum Gasteiger partial charge on any atom is 0.365 e. The molecule has 1 saturated carbocycles. The molecular formula is C18H14N2O4. The number of carbonyl (C=O) groups excluding carboxylic acids is 3. The molecule has 6 nitrogen and oxygen atoms in total. The minimum absolute atomic E-state index is 0.231. The summed E-state index contributed by atoms with van der Waals surface area (Å²) in [5, 5.41) is 0.515. The lowest BCUT2D eigenvalue weighted by Crippen LogP contribution is -2.33. The van der Waals surface area contributed by atoms with Crippen LogP contribution in [0.3, 0.4) is 0 Å². The van der Waals surface area contributed by atoms with Gasteiger partial charge in [-0.2, -0.15) is 0 Å². The van der Waals surface area contributed by atoms with Gasteiger partial charge in [-0.15, -0.1) is 0 Å². The van der Waals surface area contributed by atoms with Crippen molar-refractivity contribution in [3.05, 3.63) is 64.5 Å². The van der Waals surface area contributed by atoms with Gasteiger partial charge in [0, 0.05) is 11.6 Å². The van der Waals surface area contributed by atoms with Crippen molar-refractivity contribution in [1.29, 1.82) is 0 Å². The van der Waals surface area contributed by atoms with E-state index in [-0.39, 0.29) is 16.7 Å². The average molecular weight is 322 g/mol. The molecule has 0 bridgehead atoms. The van der Waals surface area contributed by atoms with E-state index in [2.05, 4.69) is 4.98 Å². The summed E-state index contributed by atoms with van der Waals surface area (Å²) >= 11 is 0. The van der Waals surface area contributed by atoms with Gasteiger partial charge in [-0.25, -0.2) is 4.79 Å². The molecule has 6 heteroatoms. The highest BCUT2D eigenvalue weighted by Crippen LogP contribution is 2.39. The van der Waals surface area contributed by atoms with Gasteiger partial charge in [-0.05, 0) is 44.0 Å². The second kappa shape index (κ2) is 5.26. The van der Waals surface area contributed by atoms with Crippen molar-refractivity contribution >= 4 is 17.8 Å². The van der Waals surface area contributed by atoms with Gasteiger partial charge in [0.05, 0.1) is 22.4 Å². The summed E-state index contributed by atoms with van der Waals surface area (Å²) in [6.45, 7) is 1.71. The number of nitrogens with zero attached hydrogens (tertiary/aromatic N) is 2. The van der Waals surface area contributed by atoms with Gasteiger partial charge in [-0.3, -0.25) is 14.6 Å². The molecule has 2 aromatic rings. The van der Waals surface area contributed by atoms with E-state index in [1.54, 1.807) is 31.2 Å². The summed E-state index contributed by atoms with van der Waals surface area (Å²) in [7, 11) is 0. The zero-order valence-corrected chi connectivity index (χ0v) is 13.0. The van der Waals surface area contributed by atoms with Crippen LogP contribution in [-0.4, -0.2) is 27.8 Å². The van der Waals surface area contributed by atoms with Gasteiger partial charge in [-0.1, -0.05) is 17.2 Å². The Hall–Kier alpha value is -3.02.